The third-order valence-corrected chi connectivity index (χ3v) is 7.88. The van der Waals surface area contributed by atoms with Gasteiger partial charge in [0.2, 0.25) is 0 Å². The summed E-state index contributed by atoms with van der Waals surface area (Å²) in [5, 5.41) is 3.36. The molecule has 0 fully saturated rings. The van der Waals surface area contributed by atoms with Crippen molar-refractivity contribution in [2.75, 3.05) is 0 Å². The zero-order chi connectivity index (χ0) is 34.0. The van der Waals surface area contributed by atoms with Gasteiger partial charge in [0.05, 0.1) is 9.60 Å². The number of rotatable bonds is 4. The maximum Gasteiger partial charge on any atom is 0.0636 e. The van der Waals surface area contributed by atoms with Gasteiger partial charge in [0.1, 0.15) is 0 Å². The summed E-state index contributed by atoms with van der Waals surface area (Å²) in [5.41, 5.74) is 4.96. The van der Waals surface area contributed by atoms with Crippen LogP contribution in [0.25, 0.3) is 76.8 Å². The molecule has 0 aliphatic carbocycles. The highest BCUT2D eigenvalue weighted by Gasteiger charge is 2.18. The molecule has 0 saturated carbocycles. The molecule has 42 heavy (non-hydrogen) atoms. The van der Waals surface area contributed by atoms with Crippen LogP contribution in [0.15, 0.2) is 170 Å². The van der Waals surface area contributed by atoms with Crippen LogP contribution in [0, 0.1) is 0 Å². The lowest BCUT2D eigenvalue weighted by Gasteiger charge is -2.19. The van der Waals surface area contributed by atoms with Crippen LogP contribution in [0.5, 0.6) is 0 Å². The highest BCUT2D eigenvalue weighted by atomic mass is 14.2. The Kier molecular flexibility index (Phi) is 4.38. The second-order valence-corrected chi connectivity index (χ2v) is 10.3. The van der Waals surface area contributed by atoms with E-state index in [2.05, 4.69) is 18.2 Å². The lowest BCUT2D eigenvalue weighted by atomic mass is 9.84. The Balaban J connectivity index is 1.62. The molecule has 0 heterocycles. The van der Waals surface area contributed by atoms with Crippen LogP contribution in [0.4, 0.5) is 0 Å². The van der Waals surface area contributed by atoms with Crippen LogP contribution < -0.4 is 0 Å². The van der Waals surface area contributed by atoms with Gasteiger partial charge < -0.3 is 0 Å². The molecule has 0 atom stereocenters. The first kappa shape index (κ1) is 18.1. The first-order valence-corrected chi connectivity index (χ1v) is 14.0. The van der Waals surface area contributed by atoms with Crippen LogP contribution in [0.3, 0.4) is 0 Å². The average molecular weight is 540 g/mol. The number of hydrogen-bond donors (Lipinski definition) is 0. The smallest absolute Gasteiger partial charge is 0.0622 e. The number of benzene rings is 8. The van der Waals surface area contributed by atoms with Crippen LogP contribution in [0.1, 0.15) is 9.60 Å². The normalized spacial score (nSPS) is 13.7. The fourth-order valence-electron chi connectivity index (χ4n) is 5.97. The molecule has 0 spiro atoms. The van der Waals surface area contributed by atoms with Gasteiger partial charge in [-0.15, -0.1) is 0 Å². The second-order valence-electron chi connectivity index (χ2n) is 10.3. The average Bonchev–Trinajstić information content (AvgIpc) is 3.15. The van der Waals surface area contributed by atoms with E-state index >= 15 is 0 Å². The van der Waals surface area contributed by atoms with Gasteiger partial charge in [-0.3, -0.25) is 0 Å². The maximum atomic E-state index is 9.73. The van der Waals surface area contributed by atoms with E-state index in [0.29, 0.717) is 44.2 Å². The SMILES string of the molecule is [2H]c1c([2H])c([2H])c2c(-c3ccccc3)c3c([2H])c(-c4ccccc4)c([2H])c([2H])c3c(-c3cccc(-c4cccc5ccccc45)c3)c2c1[2H]. The zero-order valence-electron chi connectivity index (χ0n) is 29.6. The Hall–Kier alpha value is -5.46. The first-order valence-electron chi connectivity index (χ1n) is 17.5. The topological polar surface area (TPSA) is 0 Å². The van der Waals surface area contributed by atoms with Crippen molar-refractivity contribution in [3.8, 4) is 44.5 Å². The van der Waals surface area contributed by atoms with Crippen molar-refractivity contribution in [3.63, 3.8) is 0 Å². The number of hydrogen-bond acceptors (Lipinski definition) is 0. The third kappa shape index (κ3) is 4.08. The number of fused-ring (bicyclic) bond motifs is 3. The molecule has 8 rings (SSSR count). The standard InChI is InChI=1S/C42H28/c1-3-13-29(14-4-1)32-25-26-39-40(28-32)41(31-16-5-2-6-17-31)37-22-9-10-23-38(37)42(39)34-20-11-19-33(27-34)36-24-12-18-30-15-7-8-21-35(30)36/h1-28H/i9D,10D,22D,23D,25D,26D,28D. The summed E-state index contributed by atoms with van der Waals surface area (Å²) in [6.07, 6.45) is 0. The van der Waals surface area contributed by atoms with E-state index < -0.39 is 0 Å². The third-order valence-electron chi connectivity index (χ3n) is 7.88. The minimum Gasteiger partial charge on any atom is -0.0622 e. The molecule has 0 aromatic heterocycles. The molecule has 8 aromatic carbocycles. The molecule has 0 N–H and O–H groups in total. The quantitative estimate of drug-likeness (QED) is 0.195. The lowest BCUT2D eigenvalue weighted by molar-refractivity contribution is 1.62. The predicted octanol–water partition coefficient (Wildman–Crippen LogP) is 11.8. The molecule has 0 aliphatic rings. The van der Waals surface area contributed by atoms with Gasteiger partial charge in [0.15, 0.2) is 0 Å². The van der Waals surface area contributed by atoms with Crippen molar-refractivity contribution in [1.82, 2.24) is 0 Å². The molecule has 0 nitrogen and oxygen atoms in total. The van der Waals surface area contributed by atoms with E-state index in [-0.39, 0.29) is 53.1 Å². The predicted molar refractivity (Wildman–Crippen MR) is 181 cm³/mol. The molecule has 0 saturated heterocycles. The maximum absolute atomic E-state index is 9.73. The zero-order valence-corrected chi connectivity index (χ0v) is 22.6. The summed E-state index contributed by atoms with van der Waals surface area (Å²) in [4.78, 5) is 0. The van der Waals surface area contributed by atoms with Crippen molar-refractivity contribution < 1.29 is 9.60 Å². The van der Waals surface area contributed by atoms with Gasteiger partial charge >= 0.3 is 0 Å². The van der Waals surface area contributed by atoms with Gasteiger partial charge in [-0.25, -0.2) is 0 Å². The Morgan fingerprint density at radius 2 is 0.929 bits per heavy atom. The van der Waals surface area contributed by atoms with Crippen LogP contribution in [0.2, 0.25) is 0 Å². The van der Waals surface area contributed by atoms with E-state index in [9.17, 15) is 6.85 Å². The van der Waals surface area contributed by atoms with Gasteiger partial charge in [-0.2, -0.15) is 0 Å². The second kappa shape index (κ2) is 10.2. The van der Waals surface area contributed by atoms with Gasteiger partial charge in [-0.05, 0) is 88.9 Å². The summed E-state index contributed by atoms with van der Waals surface area (Å²) in [6, 6.07) is 39.1. The summed E-state index contributed by atoms with van der Waals surface area (Å²) in [7, 11) is 0. The monoisotopic (exact) mass is 539 g/mol. The van der Waals surface area contributed by atoms with Crippen molar-refractivity contribution in [2.45, 2.75) is 0 Å². The van der Waals surface area contributed by atoms with Crippen molar-refractivity contribution >= 4 is 32.3 Å². The van der Waals surface area contributed by atoms with Crippen LogP contribution in [-0.4, -0.2) is 0 Å². The largest absolute Gasteiger partial charge is 0.0636 e. The fraction of sp³-hybridized carbons (Fsp3) is 0. The molecule has 0 bridgehead atoms. The minimum absolute atomic E-state index is 0.0295. The Morgan fingerprint density at radius 1 is 0.357 bits per heavy atom. The summed E-state index contributed by atoms with van der Waals surface area (Å²) in [6.45, 7) is 0. The van der Waals surface area contributed by atoms with Gasteiger partial charge in [0, 0.05) is 0 Å². The Morgan fingerprint density at radius 3 is 1.71 bits per heavy atom. The highest BCUT2D eigenvalue weighted by molar-refractivity contribution is 6.22. The molecule has 0 radical (unpaired) electrons. The van der Waals surface area contributed by atoms with E-state index in [0.717, 1.165) is 21.9 Å². The molecule has 8 aromatic rings. The molecular weight excluding hydrogens is 504 g/mol. The van der Waals surface area contributed by atoms with Crippen molar-refractivity contribution in [3.05, 3.63) is 170 Å². The van der Waals surface area contributed by atoms with Gasteiger partial charge in [0.25, 0.3) is 0 Å². The van der Waals surface area contributed by atoms with Crippen LogP contribution in [-0.2, 0) is 0 Å². The summed E-state index contributed by atoms with van der Waals surface area (Å²) < 4.78 is 64.6. The van der Waals surface area contributed by atoms with E-state index in [4.69, 9.17) is 2.74 Å². The molecule has 0 heteroatoms. The van der Waals surface area contributed by atoms with E-state index in [1.54, 1.807) is 0 Å². The summed E-state index contributed by atoms with van der Waals surface area (Å²) >= 11 is 0. The lowest BCUT2D eigenvalue weighted by Crippen LogP contribution is -1.92. The van der Waals surface area contributed by atoms with Crippen molar-refractivity contribution in [2.24, 2.45) is 0 Å². The molecular formula is C42H28. The minimum atomic E-state index is -0.382. The Labute approximate surface area is 256 Å². The Bertz CT molecular complexity index is 2610. The van der Waals surface area contributed by atoms with Crippen molar-refractivity contribution in [1.29, 1.82) is 0 Å². The molecule has 0 aliphatic heterocycles. The highest BCUT2D eigenvalue weighted by Crippen LogP contribution is 2.45. The fourth-order valence-corrected chi connectivity index (χ4v) is 5.97. The van der Waals surface area contributed by atoms with E-state index in [1.165, 1.54) is 0 Å². The van der Waals surface area contributed by atoms with Crippen LogP contribution >= 0.6 is 0 Å². The van der Waals surface area contributed by atoms with Gasteiger partial charge in [-0.1, -0.05) is 158 Å². The first-order chi connectivity index (χ1) is 23.8. The molecule has 0 unspecified atom stereocenters. The van der Waals surface area contributed by atoms with E-state index in [1.807, 2.05) is 109 Å². The molecule has 0 amide bonds. The molecule has 196 valence electrons. The summed E-state index contributed by atoms with van der Waals surface area (Å²) in [5.74, 6) is 0.